The van der Waals surface area contributed by atoms with Crippen LogP contribution in [0.3, 0.4) is 0 Å². The van der Waals surface area contributed by atoms with E-state index in [-0.39, 0.29) is 0 Å². The van der Waals surface area contributed by atoms with Gasteiger partial charge in [-0.2, -0.15) is 0 Å². The first-order valence-corrected chi connectivity index (χ1v) is 11.9. The Morgan fingerprint density at radius 3 is 2.55 bits per heavy atom. The highest BCUT2D eigenvalue weighted by molar-refractivity contribution is 5.67. The van der Waals surface area contributed by atoms with E-state index in [0.29, 0.717) is 12.6 Å². The lowest BCUT2D eigenvalue weighted by Crippen LogP contribution is -2.39. The van der Waals surface area contributed by atoms with Crippen molar-refractivity contribution in [2.75, 3.05) is 6.61 Å². The minimum atomic E-state index is 0.536. The van der Waals surface area contributed by atoms with Gasteiger partial charge in [0, 0.05) is 18.5 Å². The zero-order chi connectivity index (χ0) is 21.0. The fraction of sp³-hybridized carbons (Fsp3) is 0.379. The molecule has 1 unspecified atom stereocenters. The van der Waals surface area contributed by atoms with E-state index >= 15 is 0 Å². The van der Waals surface area contributed by atoms with Gasteiger partial charge in [-0.25, -0.2) is 0 Å². The molecule has 0 spiro atoms. The number of rotatable bonds is 7. The second-order valence-electron chi connectivity index (χ2n) is 9.21. The van der Waals surface area contributed by atoms with Gasteiger partial charge in [0.15, 0.2) is 0 Å². The van der Waals surface area contributed by atoms with Crippen LogP contribution >= 0.6 is 0 Å². The van der Waals surface area contributed by atoms with Crippen molar-refractivity contribution in [1.82, 2.24) is 5.32 Å². The Hall–Kier alpha value is -2.58. The SMILES string of the molecule is Cc1cc(CCOc2ccc3c(c2)CCCC3NC2CCC2)ccc1-c1ccccc1. The smallest absolute Gasteiger partial charge is 0.119 e. The van der Waals surface area contributed by atoms with Gasteiger partial charge in [0.05, 0.1) is 6.61 Å². The first kappa shape index (κ1) is 20.3. The molecule has 1 saturated carbocycles. The highest BCUT2D eigenvalue weighted by Crippen LogP contribution is 2.34. The Labute approximate surface area is 186 Å². The first-order valence-electron chi connectivity index (χ1n) is 11.9. The third-order valence-corrected chi connectivity index (χ3v) is 7.01. The van der Waals surface area contributed by atoms with Crippen LogP contribution in [0.2, 0.25) is 0 Å². The fourth-order valence-corrected chi connectivity index (χ4v) is 5.02. The van der Waals surface area contributed by atoms with Crippen molar-refractivity contribution in [3.8, 4) is 16.9 Å². The summed E-state index contributed by atoms with van der Waals surface area (Å²) in [6.45, 7) is 2.91. The van der Waals surface area contributed by atoms with Crippen molar-refractivity contribution >= 4 is 0 Å². The van der Waals surface area contributed by atoms with Gasteiger partial charge >= 0.3 is 0 Å². The van der Waals surface area contributed by atoms with Crippen LogP contribution in [0, 0.1) is 6.92 Å². The lowest BCUT2D eigenvalue weighted by Gasteiger charge is -2.34. The topological polar surface area (TPSA) is 21.3 Å². The van der Waals surface area contributed by atoms with E-state index in [9.17, 15) is 0 Å². The number of aryl methyl sites for hydroxylation is 2. The number of fused-ring (bicyclic) bond motifs is 1. The molecule has 5 rings (SSSR count). The molecule has 0 aromatic heterocycles. The molecule has 0 radical (unpaired) electrons. The van der Waals surface area contributed by atoms with Crippen molar-refractivity contribution in [3.05, 3.63) is 89.0 Å². The molecule has 1 fully saturated rings. The summed E-state index contributed by atoms with van der Waals surface area (Å²) in [4.78, 5) is 0. The third-order valence-electron chi connectivity index (χ3n) is 7.01. The van der Waals surface area contributed by atoms with E-state index in [0.717, 1.165) is 18.2 Å². The summed E-state index contributed by atoms with van der Waals surface area (Å²) < 4.78 is 6.16. The molecule has 2 aliphatic carbocycles. The number of ether oxygens (including phenoxy) is 1. The summed E-state index contributed by atoms with van der Waals surface area (Å²) in [6, 6.07) is 25.4. The number of benzene rings is 3. The predicted molar refractivity (Wildman–Crippen MR) is 129 cm³/mol. The second-order valence-corrected chi connectivity index (χ2v) is 9.21. The molecule has 0 amide bonds. The minimum Gasteiger partial charge on any atom is -0.493 e. The van der Waals surface area contributed by atoms with Crippen molar-refractivity contribution in [2.45, 2.75) is 64.0 Å². The van der Waals surface area contributed by atoms with E-state index in [1.807, 2.05) is 0 Å². The van der Waals surface area contributed by atoms with Crippen molar-refractivity contribution in [2.24, 2.45) is 0 Å². The van der Waals surface area contributed by atoms with Crippen LogP contribution in [0.15, 0.2) is 66.7 Å². The molecular formula is C29H33NO. The van der Waals surface area contributed by atoms with Gasteiger partial charge in [0.25, 0.3) is 0 Å². The van der Waals surface area contributed by atoms with Crippen LogP contribution in [0.5, 0.6) is 5.75 Å². The molecule has 2 heteroatoms. The van der Waals surface area contributed by atoms with Gasteiger partial charge in [-0.15, -0.1) is 0 Å². The van der Waals surface area contributed by atoms with E-state index < -0.39 is 0 Å². The maximum Gasteiger partial charge on any atom is 0.119 e. The molecule has 3 aromatic carbocycles. The lowest BCUT2D eigenvalue weighted by atomic mass is 9.85. The van der Waals surface area contributed by atoms with E-state index in [1.165, 1.54) is 71.9 Å². The van der Waals surface area contributed by atoms with Gasteiger partial charge in [0.1, 0.15) is 5.75 Å². The highest BCUT2D eigenvalue weighted by atomic mass is 16.5. The molecule has 31 heavy (non-hydrogen) atoms. The summed E-state index contributed by atoms with van der Waals surface area (Å²) >= 11 is 0. The van der Waals surface area contributed by atoms with E-state index in [2.05, 4.69) is 79.0 Å². The average Bonchev–Trinajstić information content (AvgIpc) is 2.77. The summed E-state index contributed by atoms with van der Waals surface area (Å²) in [5.74, 6) is 1.01. The molecule has 0 heterocycles. The lowest BCUT2D eigenvalue weighted by molar-refractivity contribution is 0.289. The van der Waals surface area contributed by atoms with Crippen LogP contribution in [0.1, 0.15) is 60.4 Å². The van der Waals surface area contributed by atoms with Crippen molar-refractivity contribution < 1.29 is 4.74 Å². The van der Waals surface area contributed by atoms with Crippen LogP contribution in [0.25, 0.3) is 11.1 Å². The van der Waals surface area contributed by atoms with Crippen LogP contribution in [-0.4, -0.2) is 12.6 Å². The quantitative estimate of drug-likeness (QED) is 0.461. The molecule has 0 aliphatic heterocycles. The van der Waals surface area contributed by atoms with Crippen molar-refractivity contribution in [3.63, 3.8) is 0 Å². The predicted octanol–water partition coefficient (Wildman–Crippen LogP) is 6.80. The molecular weight excluding hydrogens is 378 g/mol. The Morgan fingerprint density at radius 1 is 0.903 bits per heavy atom. The zero-order valence-electron chi connectivity index (χ0n) is 18.6. The van der Waals surface area contributed by atoms with Crippen molar-refractivity contribution in [1.29, 1.82) is 0 Å². The van der Waals surface area contributed by atoms with Gasteiger partial charge in [-0.1, -0.05) is 61.0 Å². The van der Waals surface area contributed by atoms with Crippen LogP contribution in [0.4, 0.5) is 0 Å². The fourth-order valence-electron chi connectivity index (χ4n) is 5.02. The molecule has 2 aliphatic rings. The number of nitrogens with one attached hydrogen (secondary N) is 1. The summed E-state index contributed by atoms with van der Waals surface area (Å²) in [6.07, 6.45) is 8.72. The maximum atomic E-state index is 6.16. The molecule has 0 saturated heterocycles. The maximum absolute atomic E-state index is 6.16. The van der Waals surface area contributed by atoms with E-state index in [4.69, 9.17) is 4.74 Å². The summed E-state index contributed by atoms with van der Waals surface area (Å²) in [5, 5.41) is 3.88. The van der Waals surface area contributed by atoms with Gasteiger partial charge in [-0.05, 0) is 84.5 Å². The monoisotopic (exact) mass is 411 g/mol. The number of hydrogen-bond acceptors (Lipinski definition) is 2. The molecule has 1 atom stereocenters. The zero-order valence-corrected chi connectivity index (χ0v) is 18.6. The number of hydrogen-bond donors (Lipinski definition) is 1. The third kappa shape index (κ3) is 4.70. The Kier molecular flexibility index (Phi) is 6.08. The molecule has 1 N–H and O–H groups in total. The van der Waals surface area contributed by atoms with E-state index in [1.54, 1.807) is 0 Å². The Bertz CT molecular complexity index is 1020. The molecule has 2 nitrogen and oxygen atoms in total. The Balaban J connectivity index is 1.19. The van der Waals surface area contributed by atoms with Gasteiger partial charge in [-0.3, -0.25) is 0 Å². The summed E-state index contributed by atoms with van der Waals surface area (Å²) in [5.41, 5.74) is 8.22. The van der Waals surface area contributed by atoms with Crippen LogP contribution < -0.4 is 10.1 Å². The molecule has 0 bridgehead atoms. The van der Waals surface area contributed by atoms with Gasteiger partial charge in [0.2, 0.25) is 0 Å². The average molecular weight is 412 g/mol. The highest BCUT2D eigenvalue weighted by Gasteiger charge is 2.25. The Morgan fingerprint density at radius 2 is 1.77 bits per heavy atom. The molecule has 3 aromatic rings. The minimum absolute atomic E-state index is 0.536. The van der Waals surface area contributed by atoms with Gasteiger partial charge < -0.3 is 10.1 Å². The molecule has 160 valence electrons. The summed E-state index contributed by atoms with van der Waals surface area (Å²) in [7, 11) is 0. The largest absolute Gasteiger partial charge is 0.493 e. The normalized spacial score (nSPS) is 18.3. The standard InChI is InChI=1S/C29H33NO/c1-21-19-22(13-15-27(21)23-7-3-2-4-8-23)17-18-31-26-14-16-28-24(20-26)9-5-12-29(28)30-25-10-6-11-25/h2-4,7-8,13-16,19-20,25,29-30H,5-6,9-12,17-18H2,1H3. The first-order chi connectivity index (χ1) is 15.3. The second kappa shape index (κ2) is 9.28. The van der Waals surface area contributed by atoms with Crippen LogP contribution in [-0.2, 0) is 12.8 Å².